The van der Waals surface area contributed by atoms with Crippen molar-refractivity contribution in [2.75, 3.05) is 26.2 Å². The summed E-state index contributed by atoms with van der Waals surface area (Å²) in [5, 5.41) is 8.27. The van der Waals surface area contributed by atoms with Gasteiger partial charge in [-0.2, -0.15) is 5.10 Å². The van der Waals surface area contributed by atoms with Crippen molar-refractivity contribution in [2.24, 2.45) is 7.05 Å². The number of piperazine rings is 1. The highest BCUT2D eigenvalue weighted by molar-refractivity contribution is 5.91. The van der Waals surface area contributed by atoms with E-state index < -0.39 is 0 Å². The summed E-state index contributed by atoms with van der Waals surface area (Å²) in [4.78, 5) is 16.5. The fourth-order valence-corrected chi connectivity index (χ4v) is 2.98. The van der Waals surface area contributed by atoms with Crippen LogP contribution in [-0.2, 0) is 20.0 Å². The van der Waals surface area contributed by atoms with Crippen molar-refractivity contribution >= 4 is 5.91 Å². The summed E-state index contributed by atoms with van der Waals surface area (Å²) in [5.74, 6) is 0.261. The van der Waals surface area contributed by atoms with Gasteiger partial charge >= 0.3 is 0 Å². The lowest BCUT2D eigenvalue weighted by molar-refractivity contribution is 0.0588. The molecule has 23 heavy (non-hydrogen) atoms. The van der Waals surface area contributed by atoms with Crippen LogP contribution in [0.2, 0.25) is 0 Å². The van der Waals surface area contributed by atoms with Crippen molar-refractivity contribution in [3.8, 4) is 0 Å². The van der Waals surface area contributed by atoms with E-state index in [4.69, 9.17) is 4.52 Å². The molecule has 3 rings (SSSR count). The molecule has 1 amide bonds. The topological polar surface area (TPSA) is 67.4 Å². The first kappa shape index (κ1) is 15.7. The third kappa shape index (κ3) is 3.44. The molecule has 1 aliphatic rings. The normalized spacial score (nSPS) is 16.0. The zero-order valence-electron chi connectivity index (χ0n) is 13.9. The van der Waals surface area contributed by atoms with Gasteiger partial charge in [0.1, 0.15) is 0 Å². The van der Waals surface area contributed by atoms with Gasteiger partial charge in [-0.05, 0) is 13.3 Å². The average molecular weight is 317 g/mol. The van der Waals surface area contributed by atoms with Gasteiger partial charge in [-0.15, -0.1) is 0 Å². The minimum Gasteiger partial charge on any atom is -0.351 e. The van der Waals surface area contributed by atoms with E-state index in [9.17, 15) is 4.79 Å². The van der Waals surface area contributed by atoms with Crippen LogP contribution in [0, 0.1) is 6.92 Å². The molecule has 124 valence electrons. The Balaban J connectivity index is 1.57. The van der Waals surface area contributed by atoms with Gasteiger partial charge in [0.05, 0.1) is 11.4 Å². The summed E-state index contributed by atoms with van der Waals surface area (Å²) >= 11 is 0. The van der Waals surface area contributed by atoms with Gasteiger partial charge in [0.15, 0.2) is 0 Å². The monoisotopic (exact) mass is 317 g/mol. The maximum atomic E-state index is 12.3. The molecule has 0 radical (unpaired) electrons. The van der Waals surface area contributed by atoms with E-state index in [1.54, 1.807) is 6.07 Å². The number of hydrogen-bond acceptors (Lipinski definition) is 5. The Morgan fingerprint density at radius 1 is 1.30 bits per heavy atom. The summed E-state index contributed by atoms with van der Waals surface area (Å²) in [6.07, 6.45) is 3.03. The lowest BCUT2D eigenvalue weighted by Crippen LogP contribution is -2.48. The van der Waals surface area contributed by atoms with Crippen LogP contribution in [0.1, 0.15) is 34.4 Å². The predicted octanol–water partition coefficient (Wildman–Crippen LogP) is 1.24. The Labute approximate surface area is 135 Å². The van der Waals surface area contributed by atoms with Crippen LogP contribution in [0.25, 0.3) is 0 Å². The SMILES string of the molecule is CCc1nn(C)cc1CN1CCN(C(=O)c2cc(C)no2)CC1. The number of aryl methyl sites for hydroxylation is 3. The number of rotatable bonds is 4. The van der Waals surface area contributed by atoms with Crippen molar-refractivity contribution in [1.29, 1.82) is 0 Å². The Kier molecular flexibility index (Phi) is 4.47. The Bertz CT molecular complexity index is 682. The molecule has 2 aromatic heterocycles. The third-order valence-electron chi connectivity index (χ3n) is 4.22. The molecule has 0 aliphatic carbocycles. The first-order valence-corrected chi connectivity index (χ1v) is 8.03. The number of aromatic nitrogens is 3. The van der Waals surface area contributed by atoms with Crippen molar-refractivity contribution in [3.05, 3.63) is 35.0 Å². The van der Waals surface area contributed by atoms with Crippen LogP contribution in [0.15, 0.2) is 16.8 Å². The molecule has 0 N–H and O–H groups in total. The summed E-state index contributed by atoms with van der Waals surface area (Å²) in [6.45, 7) is 7.97. The maximum absolute atomic E-state index is 12.3. The summed E-state index contributed by atoms with van der Waals surface area (Å²) < 4.78 is 6.94. The molecule has 3 heterocycles. The van der Waals surface area contributed by atoms with Gasteiger partial charge in [-0.3, -0.25) is 14.4 Å². The first-order chi connectivity index (χ1) is 11.1. The van der Waals surface area contributed by atoms with Crippen molar-refractivity contribution in [1.82, 2.24) is 24.7 Å². The average Bonchev–Trinajstić information content (AvgIpc) is 3.13. The van der Waals surface area contributed by atoms with Crippen molar-refractivity contribution < 1.29 is 9.32 Å². The van der Waals surface area contributed by atoms with Gasteiger partial charge < -0.3 is 9.42 Å². The van der Waals surface area contributed by atoms with E-state index in [-0.39, 0.29) is 5.91 Å². The minimum atomic E-state index is -0.0686. The molecule has 0 aromatic carbocycles. The molecule has 0 atom stereocenters. The number of carbonyl (C=O) groups excluding carboxylic acids is 1. The van der Waals surface area contributed by atoms with E-state index in [1.165, 1.54) is 5.56 Å². The highest BCUT2D eigenvalue weighted by atomic mass is 16.5. The molecule has 1 aliphatic heterocycles. The molecule has 0 saturated carbocycles. The second-order valence-electron chi connectivity index (χ2n) is 6.03. The largest absolute Gasteiger partial charge is 0.351 e. The zero-order valence-corrected chi connectivity index (χ0v) is 13.9. The van der Waals surface area contributed by atoms with Crippen LogP contribution in [0.3, 0.4) is 0 Å². The standard InChI is InChI=1S/C16H23N5O2/c1-4-14-13(10-19(3)17-14)11-20-5-7-21(8-6-20)16(22)15-9-12(2)18-23-15/h9-10H,4-8,11H2,1-3H3. The second kappa shape index (κ2) is 6.54. The van der Waals surface area contributed by atoms with E-state index in [1.807, 2.05) is 23.6 Å². The molecule has 1 saturated heterocycles. The molecular formula is C16H23N5O2. The summed E-state index contributed by atoms with van der Waals surface area (Å²) in [7, 11) is 1.96. The van der Waals surface area contributed by atoms with Crippen LogP contribution in [0.4, 0.5) is 0 Å². The fourth-order valence-electron chi connectivity index (χ4n) is 2.98. The number of hydrogen-bond donors (Lipinski definition) is 0. The maximum Gasteiger partial charge on any atom is 0.292 e. The number of amides is 1. The fraction of sp³-hybridized carbons (Fsp3) is 0.562. The zero-order chi connectivity index (χ0) is 16.4. The van der Waals surface area contributed by atoms with E-state index >= 15 is 0 Å². The molecule has 0 spiro atoms. The van der Waals surface area contributed by atoms with Crippen molar-refractivity contribution in [2.45, 2.75) is 26.8 Å². The van der Waals surface area contributed by atoms with Gasteiger partial charge in [0, 0.05) is 57.6 Å². The van der Waals surface area contributed by atoms with Crippen molar-refractivity contribution in [3.63, 3.8) is 0 Å². The summed E-state index contributed by atoms with van der Waals surface area (Å²) in [6, 6.07) is 1.69. The van der Waals surface area contributed by atoms with Crippen LogP contribution in [-0.4, -0.2) is 56.8 Å². The number of nitrogens with zero attached hydrogens (tertiary/aromatic N) is 5. The quantitative estimate of drug-likeness (QED) is 0.848. The highest BCUT2D eigenvalue weighted by Crippen LogP contribution is 2.14. The van der Waals surface area contributed by atoms with E-state index in [0.29, 0.717) is 18.8 Å². The summed E-state index contributed by atoms with van der Waals surface area (Å²) in [5.41, 5.74) is 3.17. The second-order valence-corrected chi connectivity index (χ2v) is 6.03. The Morgan fingerprint density at radius 2 is 2.04 bits per heavy atom. The Morgan fingerprint density at radius 3 is 2.65 bits per heavy atom. The highest BCUT2D eigenvalue weighted by Gasteiger charge is 2.25. The molecule has 2 aromatic rings. The van der Waals surface area contributed by atoms with Gasteiger partial charge in [-0.1, -0.05) is 12.1 Å². The molecule has 0 unspecified atom stereocenters. The molecule has 1 fully saturated rings. The van der Waals surface area contributed by atoms with Crippen LogP contribution in [0.5, 0.6) is 0 Å². The molecule has 7 heteroatoms. The van der Waals surface area contributed by atoms with Crippen LogP contribution < -0.4 is 0 Å². The molecule has 0 bridgehead atoms. The van der Waals surface area contributed by atoms with Crippen LogP contribution >= 0.6 is 0 Å². The molecule has 7 nitrogen and oxygen atoms in total. The number of carbonyl (C=O) groups is 1. The van der Waals surface area contributed by atoms with Gasteiger partial charge in [0.2, 0.25) is 5.76 Å². The Hall–Kier alpha value is -2.15. The predicted molar refractivity (Wildman–Crippen MR) is 85.0 cm³/mol. The van der Waals surface area contributed by atoms with Gasteiger partial charge in [-0.25, -0.2) is 0 Å². The lowest BCUT2D eigenvalue weighted by atomic mass is 10.2. The smallest absolute Gasteiger partial charge is 0.292 e. The van der Waals surface area contributed by atoms with E-state index in [2.05, 4.69) is 28.3 Å². The van der Waals surface area contributed by atoms with Gasteiger partial charge in [0.25, 0.3) is 5.91 Å². The third-order valence-corrected chi connectivity index (χ3v) is 4.22. The first-order valence-electron chi connectivity index (χ1n) is 8.03. The lowest BCUT2D eigenvalue weighted by Gasteiger charge is -2.34. The molecular weight excluding hydrogens is 294 g/mol. The van der Waals surface area contributed by atoms with E-state index in [0.717, 1.165) is 37.4 Å². The minimum absolute atomic E-state index is 0.0686.